The number of nitrogens with two attached hydrogens (primary N) is 1. The van der Waals surface area contributed by atoms with Crippen molar-refractivity contribution in [2.75, 3.05) is 5.75 Å². The first-order valence-corrected chi connectivity index (χ1v) is 7.95. The Balaban J connectivity index is 1.60. The van der Waals surface area contributed by atoms with Gasteiger partial charge in [0.1, 0.15) is 0 Å². The van der Waals surface area contributed by atoms with E-state index in [-0.39, 0.29) is 6.04 Å². The number of aromatic nitrogens is 5. The normalized spacial score (nSPS) is 12.2. The summed E-state index contributed by atoms with van der Waals surface area (Å²) in [6.07, 6.45) is 4.39. The van der Waals surface area contributed by atoms with Crippen molar-refractivity contribution in [2.24, 2.45) is 5.73 Å². The highest BCUT2D eigenvalue weighted by molar-refractivity contribution is 7.99. The van der Waals surface area contributed by atoms with E-state index in [4.69, 9.17) is 5.73 Å². The third-order valence-corrected chi connectivity index (χ3v) is 4.17. The molecule has 3 aromatic rings. The van der Waals surface area contributed by atoms with Crippen LogP contribution in [0.3, 0.4) is 0 Å². The van der Waals surface area contributed by atoms with E-state index >= 15 is 0 Å². The number of benzene rings is 1. The zero-order valence-corrected chi connectivity index (χ0v) is 12.7. The lowest BCUT2D eigenvalue weighted by atomic mass is 10.1. The monoisotopic (exact) mass is 312 g/mol. The van der Waals surface area contributed by atoms with Gasteiger partial charge in [0.2, 0.25) is 5.16 Å². The van der Waals surface area contributed by atoms with E-state index in [0.29, 0.717) is 0 Å². The van der Waals surface area contributed by atoms with Gasteiger partial charge in [0, 0.05) is 24.2 Å². The van der Waals surface area contributed by atoms with E-state index < -0.39 is 0 Å². The molecule has 1 atom stereocenters. The third-order valence-electron chi connectivity index (χ3n) is 3.21. The zero-order chi connectivity index (χ0) is 15.2. The number of para-hydroxylation sites is 1. The van der Waals surface area contributed by atoms with E-state index in [1.54, 1.807) is 22.6 Å². The Kier molecular flexibility index (Phi) is 4.77. The van der Waals surface area contributed by atoms with Crippen LogP contribution in [0.2, 0.25) is 0 Å². The van der Waals surface area contributed by atoms with Crippen LogP contribution in [0.4, 0.5) is 0 Å². The van der Waals surface area contributed by atoms with Crippen LogP contribution in [0.5, 0.6) is 0 Å². The van der Waals surface area contributed by atoms with E-state index in [9.17, 15) is 0 Å². The first kappa shape index (κ1) is 14.7. The van der Waals surface area contributed by atoms with Crippen LogP contribution in [-0.2, 0) is 0 Å². The minimum Gasteiger partial charge on any atom is -0.324 e. The Morgan fingerprint density at radius 1 is 1.14 bits per heavy atom. The van der Waals surface area contributed by atoms with Crippen molar-refractivity contribution in [1.29, 1.82) is 0 Å². The molecule has 0 spiro atoms. The van der Waals surface area contributed by atoms with Gasteiger partial charge >= 0.3 is 0 Å². The summed E-state index contributed by atoms with van der Waals surface area (Å²) < 4.78 is 1.74. The lowest BCUT2D eigenvalue weighted by Gasteiger charge is -2.10. The van der Waals surface area contributed by atoms with Gasteiger partial charge in [-0.15, -0.1) is 5.10 Å². The molecule has 1 aromatic carbocycles. The molecule has 2 heterocycles. The van der Waals surface area contributed by atoms with Crippen LogP contribution in [0, 0.1) is 0 Å². The molecule has 0 saturated heterocycles. The molecular weight excluding hydrogens is 296 g/mol. The van der Waals surface area contributed by atoms with Crippen molar-refractivity contribution in [3.63, 3.8) is 0 Å². The van der Waals surface area contributed by atoms with Crippen LogP contribution in [-0.4, -0.2) is 30.9 Å². The Morgan fingerprint density at radius 3 is 2.77 bits per heavy atom. The van der Waals surface area contributed by atoms with Gasteiger partial charge < -0.3 is 5.73 Å². The maximum Gasteiger partial charge on any atom is 0.214 e. The highest BCUT2D eigenvalue weighted by Gasteiger charge is 2.11. The lowest BCUT2D eigenvalue weighted by Crippen LogP contribution is -2.11. The molecular formula is C15H16N6S. The molecule has 0 fully saturated rings. The van der Waals surface area contributed by atoms with Gasteiger partial charge in [0.15, 0.2) is 0 Å². The zero-order valence-electron chi connectivity index (χ0n) is 11.9. The van der Waals surface area contributed by atoms with Crippen LogP contribution in [0.25, 0.3) is 5.69 Å². The fraction of sp³-hybridized carbons (Fsp3) is 0.200. The lowest BCUT2D eigenvalue weighted by molar-refractivity contribution is 0.699. The number of rotatable bonds is 6. The van der Waals surface area contributed by atoms with Gasteiger partial charge in [0.05, 0.1) is 5.69 Å². The average molecular weight is 312 g/mol. The molecule has 0 aliphatic rings. The molecule has 22 heavy (non-hydrogen) atoms. The number of tetrazole rings is 1. The Bertz CT molecular complexity index is 700. The highest BCUT2D eigenvalue weighted by atomic mass is 32.2. The van der Waals surface area contributed by atoms with Crippen molar-refractivity contribution < 1.29 is 0 Å². The number of hydrogen-bond donors (Lipinski definition) is 1. The largest absolute Gasteiger partial charge is 0.324 e. The summed E-state index contributed by atoms with van der Waals surface area (Å²) in [5.41, 5.74) is 8.17. The fourth-order valence-electron chi connectivity index (χ4n) is 2.04. The quantitative estimate of drug-likeness (QED) is 0.703. The van der Waals surface area contributed by atoms with Crippen molar-refractivity contribution >= 4 is 11.8 Å². The van der Waals surface area contributed by atoms with Gasteiger partial charge in [-0.25, -0.2) is 0 Å². The van der Waals surface area contributed by atoms with Crippen molar-refractivity contribution in [3.8, 4) is 5.69 Å². The van der Waals surface area contributed by atoms with Gasteiger partial charge in [-0.2, -0.15) is 4.68 Å². The molecule has 0 bridgehead atoms. The second-order valence-electron chi connectivity index (χ2n) is 4.74. The highest BCUT2D eigenvalue weighted by Crippen LogP contribution is 2.22. The molecule has 0 radical (unpaired) electrons. The number of pyridine rings is 1. The van der Waals surface area contributed by atoms with Crippen LogP contribution in [0.1, 0.15) is 18.0 Å². The molecule has 6 nitrogen and oxygen atoms in total. The Labute approximate surface area is 132 Å². The SMILES string of the molecule is NC(CCSc1nnnn1-c1ccccc1)c1cccnc1. The maximum atomic E-state index is 6.17. The average Bonchev–Trinajstić information content (AvgIpc) is 3.05. The van der Waals surface area contributed by atoms with Crippen LogP contribution in [0.15, 0.2) is 60.0 Å². The summed E-state index contributed by atoms with van der Waals surface area (Å²) in [5, 5.41) is 12.6. The van der Waals surface area contributed by atoms with Crippen LogP contribution < -0.4 is 5.73 Å². The molecule has 0 aliphatic heterocycles. The predicted octanol–water partition coefficient (Wildman–Crippen LogP) is 2.24. The summed E-state index contributed by atoms with van der Waals surface area (Å²) in [6.45, 7) is 0. The molecule has 0 saturated carbocycles. The molecule has 112 valence electrons. The summed E-state index contributed by atoms with van der Waals surface area (Å²) >= 11 is 1.60. The topological polar surface area (TPSA) is 82.5 Å². The maximum absolute atomic E-state index is 6.17. The number of thioether (sulfide) groups is 1. The molecule has 0 amide bonds. The van der Waals surface area contributed by atoms with Gasteiger partial charge in [-0.1, -0.05) is 36.0 Å². The molecule has 2 N–H and O–H groups in total. The molecule has 0 aliphatic carbocycles. The van der Waals surface area contributed by atoms with Gasteiger partial charge in [0.25, 0.3) is 0 Å². The number of nitrogens with zero attached hydrogens (tertiary/aromatic N) is 5. The minimum atomic E-state index is -0.0257. The second-order valence-corrected chi connectivity index (χ2v) is 5.80. The summed E-state index contributed by atoms with van der Waals surface area (Å²) in [5.74, 6) is 0.837. The fourth-order valence-corrected chi connectivity index (χ4v) is 2.95. The predicted molar refractivity (Wildman–Crippen MR) is 85.7 cm³/mol. The van der Waals surface area contributed by atoms with Gasteiger partial charge in [-0.05, 0) is 40.6 Å². The van der Waals surface area contributed by atoms with E-state index in [2.05, 4.69) is 20.5 Å². The summed E-state index contributed by atoms with van der Waals surface area (Å²) in [6, 6.07) is 13.7. The van der Waals surface area contributed by atoms with Crippen molar-refractivity contribution in [1.82, 2.24) is 25.2 Å². The second kappa shape index (κ2) is 7.15. The molecule has 2 aromatic heterocycles. The van der Waals surface area contributed by atoms with Crippen LogP contribution >= 0.6 is 11.8 Å². The molecule has 3 rings (SSSR count). The summed E-state index contributed by atoms with van der Waals surface area (Å²) in [7, 11) is 0. The minimum absolute atomic E-state index is 0.0257. The molecule has 1 unspecified atom stereocenters. The van der Waals surface area contributed by atoms with E-state index in [1.807, 2.05) is 48.7 Å². The first-order valence-electron chi connectivity index (χ1n) is 6.96. The van der Waals surface area contributed by atoms with Gasteiger partial charge in [-0.3, -0.25) is 4.98 Å². The Morgan fingerprint density at radius 2 is 2.00 bits per heavy atom. The summed E-state index contributed by atoms with van der Waals surface area (Å²) in [4.78, 5) is 4.09. The smallest absolute Gasteiger partial charge is 0.214 e. The standard InChI is InChI=1S/C15H16N6S/c16-14(12-5-4-9-17-11-12)8-10-22-15-18-19-20-21(15)13-6-2-1-3-7-13/h1-7,9,11,14H,8,10,16H2. The van der Waals surface area contributed by atoms with E-state index in [1.165, 1.54) is 0 Å². The third kappa shape index (κ3) is 3.49. The first-order chi connectivity index (χ1) is 10.8. The van der Waals surface area contributed by atoms with E-state index in [0.717, 1.165) is 28.6 Å². The molecule has 7 heteroatoms. The van der Waals surface area contributed by atoms with Crippen molar-refractivity contribution in [2.45, 2.75) is 17.6 Å². The Hall–Kier alpha value is -2.25. The number of hydrogen-bond acceptors (Lipinski definition) is 6. The van der Waals surface area contributed by atoms with Crippen molar-refractivity contribution in [3.05, 3.63) is 60.4 Å².